The predicted molar refractivity (Wildman–Crippen MR) is 137 cm³/mol. The fourth-order valence-electron chi connectivity index (χ4n) is 3.50. The lowest BCUT2D eigenvalue weighted by molar-refractivity contribution is -0.141. The van der Waals surface area contributed by atoms with E-state index in [0.29, 0.717) is 0 Å². The molecule has 2 aromatic carbocycles. The highest BCUT2D eigenvalue weighted by molar-refractivity contribution is 7.80. The summed E-state index contributed by atoms with van der Waals surface area (Å²) in [5.74, 6) is -2.67. The molecule has 1 heterocycles. The van der Waals surface area contributed by atoms with Crippen molar-refractivity contribution >= 4 is 47.4 Å². The maximum atomic E-state index is 13.1. The number of hydrogen-bond donors (Lipinski definition) is 6. The van der Waals surface area contributed by atoms with Crippen LogP contribution in [0.1, 0.15) is 18.1 Å². The van der Waals surface area contributed by atoms with Gasteiger partial charge in [-0.05, 0) is 24.1 Å². The smallest absolute Gasteiger partial charge is 0.408 e. The molecule has 0 radical (unpaired) electrons. The number of amides is 3. The first-order chi connectivity index (χ1) is 17.3. The summed E-state index contributed by atoms with van der Waals surface area (Å²) in [7, 11) is 0. The molecule has 190 valence electrons. The number of para-hydroxylation sites is 1. The number of aliphatic carboxylic acids is 1. The van der Waals surface area contributed by atoms with Gasteiger partial charge in [0.2, 0.25) is 11.8 Å². The van der Waals surface area contributed by atoms with E-state index in [2.05, 4.69) is 33.6 Å². The van der Waals surface area contributed by atoms with E-state index < -0.39 is 42.0 Å². The lowest BCUT2D eigenvalue weighted by Gasteiger charge is -2.22. The van der Waals surface area contributed by atoms with Crippen LogP contribution < -0.4 is 16.0 Å². The van der Waals surface area contributed by atoms with E-state index in [1.165, 1.54) is 6.92 Å². The normalized spacial score (nSPS) is 13.3. The Hall–Kier alpha value is -3.99. The molecule has 0 spiro atoms. The number of alkyl carbamates (subject to hydrolysis) is 1. The molecule has 0 fully saturated rings. The van der Waals surface area contributed by atoms with Crippen LogP contribution in [0.3, 0.4) is 0 Å². The minimum absolute atomic E-state index is 0.0210. The van der Waals surface area contributed by atoms with E-state index in [9.17, 15) is 19.2 Å². The van der Waals surface area contributed by atoms with Crippen LogP contribution in [0.15, 0.2) is 60.8 Å². The number of aromatic nitrogens is 1. The number of nitrogens with one attached hydrogen (secondary N) is 4. The second-order valence-electron chi connectivity index (χ2n) is 8.13. The quantitative estimate of drug-likeness (QED) is 0.217. The number of benzene rings is 2. The van der Waals surface area contributed by atoms with Crippen molar-refractivity contribution in [3.63, 3.8) is 0 Å². The summed E-state index contributed by atoms with van der Waals surface area (Å²) in [6.45, 7) is 1.44. The Morgan fingerprint density at radius 1 is 0.944 bits per heavy atom. The summed E-state index contributed by atoms with van der Waals surface area (Å²) in [4.78, 5) is 52.4. The zero-order valence-electron chi connectivity index (χ0n) is 19.6. The highest BCUT2D eigenvalue weighted by atomic mass is 32.1. The van der Waals surface area contributed by atoms with Crippen LogP contribution >= 0.6 is 12.6 Å². The van der Waals surface area contributed by atoms with Crippen molar-refractivity contribution in [2.45, 2.75) is 38.1 Å². The van der Waals surface area contributed by atoms with Crippen LogP contribution in [0.5, 0.6) is 0 Å². The van der Waals surface area contributed by atoms with Crippen LogP contribution in [0.4, 0.5) is 4.79 Å². The molecule has 3 rings (SSSR count). The number of aromatic amines is 1. The highest BCUT2D eigenvalue weighted by Gasteiger charge is 2.28. The Labute approximate surface area is 213 Å². The third-order valence-corrected chi connectivity index (χ3v) is 5.83. The monoisotopic (exact) mass is 512 g/mol. The van der Waals surface area contributed by atoms with Crippen LogP contribution in [0.25, 0.3) is 10.9 Å². The molecule has 3 amide bonds. The first kappa shape index (κ1) is 26.6. The van der Waals surface area contributed by atoms with Crippen molar-refractivity contribution in [1.82, 2.24) is 20.9 Å². The molecule has 11 heteroatoms. The number of carboxylic acids is 1. The summed E-state index contributed by atoms with van der Waals surface area (Å²) in [5, 5.41) is 17.4. The lowest BCUT2D eigenvalue weighted by Crippen LogP contribution is -2.55. The molecule has 0 aliphatic heterocycles. The first-order valence-electron chi connectivity index (χ1n) is 11.2. The van der Waals surface area contributed by atoms with Gasteiger partial charge in [0.25, 0.3) is 0 Å². The molecular formula is C25H28N4O6S. The van der Waals surface area contributed by atoms with E-state index in [1.54, 1.807) is 18.3 Å². The molecule has 5 N–H and O–H groups in total. The zero-order valence-corrected chi connectivity index (χ0v) is 20.5. The minimum Gasteiger partial charge on any atom is -0.480 e. The molecule has 0 bridgehead atoms. The van der Waals surface area contributed by atoms with Crippen molar-refractivity contribution in [3.05, 3.63) is 71.9 Å². The zero-order chi connectivity index (χ0) is 26.1. The molecule has 3 atom stereocenters. The van der Waals surface area contributed by atoms with E-state index in [-0.39, 0.29) is 18.8 Å². The first-order valence-corrected chi connectivity index (χ1v) is 11.9. The van der Waals surface area contributed by atoms with E-state index in [0.717, 1.165) is 22.0 Å². The Morgan fingerprint density at radius 2 is 1.64 bits per heavy atom. The summed E-state index contributed by atoms with van der Waals surface area (Å²) in [5.41, 5.74) is 2.44. The maximum absolute atomic E-state index is 13.1. The second kappa shape index (κ2) is 12.6. The summed E-state index contributed by atoms with van der Waals surface area (Å²) < 4.78 is 5.27. The number of thiol groups is 1. The van der Waals surface area contributed by atoms with E-state index >= 15 is 0 Å². The van der Waals surface area contributed by atoms with Crippen molar-refractivity contribution in [2.75, 3.05) is 5.75 Å². The molecule has 0 aliphatic rings. The molecule has 3 aromatic rings. The van der Waals surface area contributed by atoms with Gasteiger partial charge in [0.05, 0.1) is 0 Å². The summed E-state index contributed by atoms with van der Waals surface area (Å²) in [6, 6.07) is 13.3. The van der Waals surface area contributed by atoms with Gasteiger partial charge in [0, 0.05) is 29.3 Å². The molecule has 0 aliphatic carbocycles. The second-order valence-corrected chi connectivity index (χ2v) is 8.50. The van der Waals surface area contributed by atoms with Gasteiger partial charge in [-0.1, -0.05) is 48.5 Å². The average molecular weight is 513 g/mol. The number of carbonyl (C=O) groups excluding carboxylic acids is 3. The molecule has 0 unspecified atom stereocenters. The van der Waals surface area contributed by atoms with Crippen molar-refractivity contribution in [3.8, 4) is 0 Å². The van der Waals surface area contributed by atoms with Gasteiger partial charge in [-0.15, -0.1) is 0 Å². The largest absolute Gasteiger partial charge is 0.480 e. The summed E-state index contributed by atoms with van der Waals surface area (Å²) >= 11 is 3.92. The third kappa shape index (κ3) is 7.25. The fraction of sp³-hybridized carbons (Fsp3) is 0.280. The van der Waals surface area contributed by atoms with Crippen molar-refractivity contribution < 1.29 is 29.0 Å². The number of hydrogen-bond acceptors (Lipinski definition) is 6. The van der Waals surface area contributed by atoms with E-state index in [4.69, 9.17) is 9.84 Å². The van der Waals surface area contributed by atoms with E-state index in [1.807, 2.05) is 42.5 Å². The fourth-order valence-corrected chi connectivity index (χ4v) is 3.75. The molecular weight excluding hydrogens is 484 g/mol. The highest BCUT2D eigenvalue weighted by Crippen LogP contribution is 2.19. The Morgan fingerprint density at radius 3 is 2.33 bits per heavy atom. The average Bonchev–Trinajstić information content (AvgIpc) is 3.28. The SMILES string of the molecule is C[C@H](NC(=O)[C@H](Cc1c[nH]c2ccccc12)NC(=O)OCc1ccccc1)C(=O)N[C@@H](CS)C(=O)O. The Kier molecular flexibility index (Phi) is 9.34. The van der Waals surface area contributed by atoms with Crippen LogP contribution in [-0.2, 0) is 32.1 Å². The van der Waals surface area contributed by atoms with Gasteiger partial charge < -0.3 is 30.8 Å². The summed E-state index contributed by atoms with van der Waals surface area (Å²) in [6.07, 6.45) is 1.08. The predicted octanol–water partition coefficient (Wildman–Crippen LogP) is 2.01. The van der Waals surface area contributed by atoms with Gasteiger partial charge in [-0.2, -0.15) is 12.6 Å². The number of H-pyrrole nitrogens is 1. The minimum atomic E-state index is -1.24. The van der Waals surface area contributed by atoms with Gasteiger partial charge in [0.1, 0.15) is 24.7 Å². The van der Waals surface area contributed by atoms with Crippen LogP contribution in [-0.4, -0.2) is 57.8 Å². The van der Waals surface area contributed by atoms with Gasteiger partial charge in [0.15, 0.2) is 0 Å². The van der Waals surface area contributed by atoms with Gasteiger partial charge in [-0.25, -0.2) is 9.59 Å². The van der Waals surface area contributed by atoms with Gasteiger partial charge in [-0.3, -0.25) is 9.59 Å². The molecule has 0 saturated heterocycles. The van der Waals surface area contributed by atoms with Crippen LogP contribution in [0.2, 0.25) is 0 Å². The van der Waals surface area contributed by atoms with Gasteiger partial charge >= 0.3 is 12.1 Å². The number of rotatable bonds is 11. The third-order valence-electron chi connectivity index (χ3n) is 5.47. The molecule has 0 saturated carbocycles. The molecule has 36 heavy (non-hydrogen) atoms. The molecule has 10 nitrogen and oxygen atoms in total. The standard InChI is InChI=1S/C25H28N4O6S/c1-15(22(30)28-21(14-36)24(32)33)27-23(31)20(11-17-12-26-19-10-6-5-9-18(17)19)29-25(34)35-13-16-7-3-2-4-8-16/h2-10,12,15,20-21,26,36H,11,13-14H2,1H3,(H,27,31)(H,28,30)(H,29,34)(H,32,33)/t15-,20-,21-/m0/s1. The topological polar surface area (TPSA) is 150 Å². The Balaban J connectivity index is 1.71. The van der Waals surface area contributed by atoms with Crippen molar-refractivity contribution in [1.29, 1.82) is 0 Å². The number of carboxylic acid groups (broad SMARTS) is 1. The Bertz CT molecular complexity index is 1220. The lowest BCUT2D eigenvalue weighted by atomic mass is 10.0. The van der Waals surface area contributed by atoms with Crippen LogP contribution in [0, 0.1) is 0 Å². The number of ether oxygens (including phenoxy) is 1. The maximum Gasteiger partial charge on any atom is 0.408 e. The number of carbonyl (C=O) groups is 4. The van der Waals surface area contributed by atoms with Crippen molar-refractivity contribution in [2.24, 2.45) is 0 Å². The molecule has 1 aromatic heterocycles. The number of fused-ring (bicyclic) bond motifs is 1.